The maximum Gasteiger partial charge on any atom is 0.293 e. The molecule has 1 atom stereocenters. The van der Waals surface area contributed by atoms with Gasteiger partial charge < -0.3 is 15.8 Å². The molecule has 0 aliphatic rings. The van der Waals surface area contributed by atoms with E-state index in [9.17, 15) is 4.79 Å². The molecule has 0 spiro atoms. The lowest BCUT2D eigenvalue weighted by Gasteiger charge is -2.15. The number of aromatic amines is 1. The number of hydrogen-bond donors (Lipinski definition) is 3. The van der Waals surface area contributed by atoms with Gasteiger partial charge in [0, 0.05) is 18.5 Å². The lowest BCUT2D eigenvalue weighted by Crippen LogP contribution is -2.12. The highest BCUT2D eigenvalue weighted by atomic mass is 16.5. The van der Waals surface area contributed by atoms with E-state index in [1.165, 1.54) is 0 Å². The molecule has 1 heterocycles. The number of benzene rings is 1. The number of nitrogens with two attached hydrogens (primary N) is 1. The van der Waals surface area contributed by atoms with Gasteiger partial charge in [-0.2, -0.15) is 5.10 Å². The molecule has 0 bridgehead atoms. The number of H-pyrrole nitrogens is 1. The van der Waals surface area contributed by atoms with Crippen LogP contribution in [0.1, 0.15) is 22.9 Å². The van der Waals surface area contributed by atoms with Gasteiger partial charge in [0.2, 0.25) is 0 Å². The van der Waals surface area contributed by atoms with Crippen LogP contribution in [-0.4, -0.2) is 23.7 Å². The second kappa shape index (κ2) is 6.72. The molecule has 2 rings (SSSR count). The average molecular weight is 274 g/mol. The predicted molar refractivity (Wildman–Crippen MR) is 75.8 cm³/mol. The Hall–Kier alpha value is -2.34. The molecule has 6 heteroatoms. The maximum absolute atomic E-state index is 10.7. The molecule has 0 saturated heterocycles. The summed E-state index contributed by atoms with van der Waals surface area (Å²) in [4.78, 5) is 10.7. The van der Waals surface area contributed by atoms with Gasteiger partial charge in [0.15, 0.2) is 0 Å². The summed E-state index contributed by atoms with van der Waals surface area (Å²) < 4.78 is 5.18. The van der Waals surface area contributed by atoms with Crippen molar-refractivity contribution in [2.24, 2.45) is 0 Å². The highest BCUT2D eigenvalue weighted by Crippen LogP contribution is 2.24. The van der Waals surface area contributed by atoms with Gasteiger partial charge in [0.05, 0.1) is 5.69 Å². The summed E-state index contributed by atoms with van der Waals surface area (Å²) in [6.07, 6.45) is 0.111. The van der Waals surface area contributed by atoms with Crippen LogP contribution in [0.3, 0.4) is 0 Å². The first-order chi connectivity index (χ1) is 9.76. The summed E-state index contributed by atoms with van der Waals surface area (Å²) in [5.41, 5.74) is 8.48. The average Bonchev–Trinajstić information content (AvgIpc) is 2.81. The first kappa shape index (κ1) is 14.1. The number of aromatic nitrogens is 2. The molecule has 106 valence electrons. The minimum Gasteiger partial charge on any atom is -0.459 e. The van der Waals surface area contributed by atoms with Crippen LogP contribution < -0.4 is 11.1 Å². The molecule has 0 aliphatic heterocycles. The monoisotopic (exact) mass is 274 g/mol. The summed E-state index contributed by atoms with van der Waals surface area (Å²) in [5.74, 6) is 0.535. The minimum atomic E-state index is -0.369. The van der Waals surface area contributed by atoms with E-state index in [2.05, 4.69) is 15.5 Å². The topological polar surface area (TPSA) is 93.0 Å². The van der Waals surface area contributed by atoms with Crippen molar-refractivity contribution in [1.29, 1.82) is 0 Å². The lowest BCUT2D eigenvalue weighted by atomic mass is 10.0. The van der Waals surface area contributed by atoms with Crippen LogP contribution in [-0.2, 0) is 22.5 Å². The van der Waals surface area contributed by atoms with Crippen LogP contribution >= 0.6 is 0 Å². The van der Waals surface area contributed by atoms with E-state index in [4.69, 9.17) is 10.5 Å². The Morgan fingerprint density at radius 3 is 2.85 bits per heavy atom. The van der Waals surface area contributed by atoms with Crippen LogP contribution in [0.25, 0.3) is 0 Å². The van der Waals surface area contributed by atoms with Gasteiger partial charge in [-0.1, -0.05) is 30.3 Å². The SMILES string of the molecule is CNCc1c(CC(OC=O)c2ccccc2)n[nH]c1N. The lowest BCUT2D eigenvalue weighted by molar-refractivity contribution is -0.133. The van der Waals surface area contributed by atoms with Gasteiger partial charge in [0.25, 0.3) is 6.47 Å². The number of carbonyl (C=O) groups excluding carboxylic acids is 1. The van der Waals surface area contributed by atoms with Crippen molar-refractivity contribution in [2.75, 3.05) is 12.8 Å². The van der Waals surface area contributed by atoms with Gasteiger partial charge in [-0.3, -0.25) is 9.89 Å². The normalized spacial score (nSPS) is 12.1. The van der Waals surface area contributed by atoms with E-state index >= 15 is 0 Å². The second-order valence-corrected chi connectivity index (χ2v) is 4.43. The Bertz CT molecular complexity index is 554. The number of nitrogen functional groups attached to an aromatic ring is 1. The third-order valence-electron chi connectivity index (χ3n) is 3.11. The number of carbonyl (C=O) groups is 1. The Balaban J connectivity index is 2.22. The highest BCUT2D eigenvalue weighted by molar-refractivity contribution is 5.43. The van der Waals surface area contributed by atoms with Crippen LogP contribution in [0.5, 0.6) is 0 Å². The number of rotatable bonds is 7. The Morgan fingerprint density at radius 2 is 2.20 bits per heavy atom. The quantitative estimate of drug-likeness (QED) is 0.659. The van der Waals surface area contributed by atoms with Crippen LogP contribution in [0.2, 0.25) is 0 Å². The van der Waals surface area contributed by atoms with Crippen molar-refractivity contribution in [3.63, 3.8) is 0 Å². The van der Waals surface area contributed by atoms with Crippen LogP contribution in [0.15, 0.2) is 30.3 Å². The molecular formula is C14H18N4O2. The van der Waals surface area contributed by atoms with Crippen LogP contribution in [0.4, 0.5) is 5.82 Å². The van der Waals surface area contributed by atoms with Gasteiger partial charge in [0.1, 0.15) is 11.9 Å². The van der Waals surface area contributed by atoms with Crippen molar-refractivity contribution in [2.45, 2.75) is 19.1 Å². The van der Waals surface area contributed by atoms with Crippen molar-refractivity contribution in [3.8, 4) is 0 Å². The van der Waals surface area contributed by atoms with E-state index < -0.39 is 0 Å². The largest absolute Gasteiger partial charge is 0.459 e. The molecule has 20 heavy (non-hydrogen) atoms. The summed E-state index contributed by atoms with van der Waals surface area (Å²) >= 11 is 0. The molecule has 4 N–H and O–H groups in total. The number of hydrogen-bond acceptors (Lipinski definition) is 5. The summed E-state index contributed by atoms with van der Waals surface area (Å²) in [6, 6.07) is 9.57. The fourth-order valence-electron chi connectivity index (χ4n) is 2.12. The van der Waals surface area contributed by atoms with Crippen molar-refractivity contribution < 1.29 is 9.53 Å². The van der Waals surface area contributed by atoms with E-state index in [-0.39, 0.29) is 6.10 Å². The van der Waals surface area contributed by atoms with Crippen molar-refractivity contribution >= 4 is 12.3 Å². The van der Waals surface area contributed by atoms with Crippen LogP contribution in [0, 0.1) is 0 Å². The number of nitrogens with one attached hydrogen (secondary N) is 2. The third-order valence-corrected chi connectivity index (χ3v) is 3.11. The van der Waals surface area contributed by atoms with Crippen molar-refractivity contribution in [3.05, 3.63) is 47.2 Å². The first-order valence-electron chi connectivity index (χ1n) is 6.36. The van der Waals surface area contributed by atoms with Crippen molar-refractivity contribution in [1.82, 2.24) is 15.5 Å². The fraction of sp³-hybridized carbons (Fsp3) is 0.286. The zero-order chi connectivity index (χ0) is 14.4. The van der Waals surface area contributed by atoms with E-state index in [0.29, 0.717) is 25.3 Å². The summed E-state index contributed by atoms with van der Waals surface area (Å²) in [6.45, 7) is 1.08. The zero-order valence-corrected chi connectivity index (χ0v) is 11.3. The molecule has 0 fully saturated rings. The van der Waals surface area contributed by atoms with Gasteiger partial charge >= 0.3 is 0 Å². The molecule has 0 radical (unpaired) electrons. The molecule has 0 saturated carbocycles. The molecule has 2 aromatic rings. The fourth-order valence-corrected chi connectivity index (χ4v) is 2.12. The smallest absolute Gasteiger partial charge is 0.293 e. The minimum absolute atomic E-state index is 0.369. The second-order valence-electron chi connectivity index (χ2n) is 4.43. The van der Waals surface area contributed by atoms with E-state index in [0.717, 1.165) is 16.8 Å². The Morgan fingerprint density at radius 1 is 1.45 bits per heavy atom. The third kappa shape index (κ3) is 3.16. The number of anilines is 1. The van der Waals surface area contributed by atoms with Gasteiger partial charge in [-0.15, -0.1) is 0 Å². The Labute approximate surface area is 117 Å². The summed E-state index contributed by atoms with van der Waals surface area (Å²) in [7, 11) is 1.84. The number of nitrogens with zero attached hydrogens (tertiary/aromatic N) is 1. The standard InChI is InChI=1S/C14H18N4O2/c1-16-8-11-12(17-18-14(11)15)7-13(20-9-19)10-5-3-2-4-6-10/h2-6,9,13,16H,7-8H2,1H3,(H3,15,17,18). The Kier molecular flexibility index (Phi) is 4.73. The highest BCUT2D eigenvalue weighted by Gasteiger charge is 2.18. The zero-order valence-electron chi connectivity index (χ0n) is 11.3. The number of ether oxygens (including phenoxy) is 1. The summed E-state index contributed by atoms with van der Waals surface area (Å²) in [5, 5.41) is 10.0. The molecule has 6 nitrogen and oxygen atoms in total. The maximum atomic E-state index is 10.7. The molecule has 1 aromatic heterocycles. The van der Waals surface area contributed by atoms with E-state index in [1.54, 1.807) is 0 Å². The van der Waals surface area contributed by atoms with Gasteiger partial charge in [-0.25, -0.2) is 0 Å². The molecule has 0 aliphatic carbocycles. The predicted octanol–water partition coefficient (Wildman–Crippen LogP) is 1.17. The molecule has 0 amide bonds. The van der Waals surface area contributed by atoms with E-state index in [1.807, 2.05) is 37.4 Å². The first-order valence-corrected chi connectivity index (χ1v) is 6.36. The molecular weight excluding hydrogens is 256 g/mol. The molecule has 1 unspecified atom stereocenters. The van der Waals surface area contributed by atoms with Gasteiger partial charge in [-0.05, 0) is 12.6 Å². The molecule has 1 aromatic carbocycles.